The normalized spacial score (nSPS) is 38.0. The first-order valence-electron chi connectivity index (χ1n) is 3.62. The lowest BCUT2D eigenvalue weighted by Crippen LogP contribution is -2.41. The summed E-state index contributed by atoms with van der Waals surface area (Å²) < 4.78 is 0. The molecule has 0 spiro atoms. The molecule has 2 aliphatic rings. The predicted octanol–water partition coefficient (Wildman–Crippen LogP) is 0.0591. The van der Waals surface area contributed by atoms with Crippen molar-refractivity contribution in [3.63, 3.8) is 0 Å². The first kappa shape index (κ1) is 5.89. The Morgan fingerprint density at radius 1 is 1.10 bits per heavy atom. The number of fused-ring (bicyclic) bond motifs is 2. The van der Waals surface area contributed by atoms with Crippen LogP contribution in [-0.4, -0.2) is 11.8 Å². The Hall–Kier alpha value is -0.860. The molecule has 1 saturated carbocycles. The number of piperidine rings is 1. The van der Waals surface area contributed by atoms with E-state index in [2.05, 4.69) is 5.32 Å². The Labute approximate surface area is 58.8 Å². The zero-order chi connectivity index (χ0) is 7.14. The summed E-state index contributed by atoms with van der Waals surface area (Å²) in [6, 6.07) is 0. The number of hydrogen-bond donors (Lipinski definition) is 1. The molecule has 1 heterocycles. The Bertz CT molecular complexity index is 180. The maximum Gasteiger partial charge on any atom is 0.229 e. The van der Waals surface area contributed by atoms with Gasteiger partial charge in [-0.15, -0.1) is 0 Å². The Balaban J connectivity index is 2.24. The molecule has 0 aromatic rings. The molecule has 2 fully saturated rings. The van der Waals surface area contributed by atoms with Crippen molar-refractivity contribution >= 4 is 11.8 Å². The van der Waals surface area contributed by atoms with Crippen LogP contribution in [0, 0.1) is 11.8 Å². The molecule has 0 radical (unpaired) electrons. The maximum absolute atomic E-state index is 10.9. The summed E-state index contributed by atoms with van der Waals surface area (Å²) in [5, 5.41) is 2.36. The van der Waals surface area contributed by atoms with Crippen LogP contribution in [0.1, 0.15) is 19.3 Å². The third kappa shape index (κ3) is 0.664. The van der Waals surface area contributed by atoms with Crippen molar-refractivity contribution in [3.05, 3.63) is 0 Å². The third-order valence-corrected chi connectivity index (χ3v) is 2.42. The van der Waals surface area contributed by atoms with E-state index in [1.807, 2.05) is 0 Å². The van der Waals surface area contributed by atoms with Gasteiger partial charge in [-0.1, -0.05) is 0 Å². The summed E-state index contributed by atoms with van der Waals surface area (Å²) >= 11 is 0. The van der Waals surface area contributed by atoms with Gasteiger partial charge in [-0.3, -0.25) is 14.9 Å². The van der Waals surface area contributed by atoms with Crippen molar-refractivity contribution in [2.45, 2.75) is 19.3 Å². The van der Waals surface area contributed by atoms with Gasteiger partial charge in [0, 0.05) is 11.8 Å². The van der Waals surface area contributed by atoms with Gasteiger partial charge < -0.3 is 0 Å². The van der Waals surface area contributed by atoms with Crippen molar-refractivity contribution < 1.29 is 9.59 Å². The highest BCUT2D eigenvalue weighted by Gasteiger charge is 2.39. The molecule has 3 heteroatoms. The second kappa shape index (κ2) is 1.81. The van der Waals surface area contributed by atoms with E-state index in [-0.39, 0.29) is 23.7 Å². The van der Waals surface area contributed by atoms with Gasteiger partial charge in [0.2, 0.25) is 11.8 Å². The highest BCUT2D eigenvalue weighted by Crippen LogP contribution is 2.33. The molecule has 0 aromatic carbocycles. The largest absolute Gasteiger partial charge is 0.296 e. The number of amides is 2. The average Bonchev–Trinajstić information content (AvgIpc) is 2.28. The summed E-state index contributed by atoms with van der Waals surface area (Å²) in [5.41, 5.74) is 0. The molecular weight excluding hydrogens is 130 g/mol. The van der Waals surface area contributed by atoms with Crippen molar-refractivity contribution in [2.75, 3.05) is 0 Å². The minimum absolute atomic E-state index is 0.0567. The van der Waals surface area contributed by atoms with Gasteiger partial charge in [-0.25, -0.2) is 0 Å². The van der Waals surface area contributed by atoms with Crippen LogP contribution in [0.2, 0.25) is 0 Å². The number of carbonyl (C=O) groups is 2. The maximum atomic E-state index is 10.9. The van der Waals surface area contributed by atoms with Crippen LogP contribution in [0.5, 0.6) is 0 Å². The lowest BCUT2D eigenvalue weighted by atomic mass is 9.99. The topological polar surface area (TPSA) is 46.2 Å². The number of rotatable bonds is 0. The molecule has 10 heavy (non-hydrogen) atoms. The van der Waals surface area contributed by atoms with Gasteiger partial charge in [-0.05, 0) is 19.3 Å². The van der Waals surface area contributed by atoms with Gasteiger partial charge in [0.25, 0.3) is 0 Å². The quantitative estimate of drug-likeness (QED) is 0.482. The summed E-state index contributed by atoms with van der Waals surface area (Å²) in [4.78, 5) is 21.9. The van der Waals surface area contributed by atoms with Crippen molar-refractivity contribution in [1.29, 1.82) is 0 Å². The molecule has 1 aliphatic heterocycles. The van der Waals surface area contributed by atoms with Crippen LogP contribution in [0.4, 0.5) is 0 Å². The molecule has 2 bridgehead atoms. The second-order valence-corrected chi connectivity index (χ2v) is 3.06. The lowest BCUT2D eigenvalue weighted by Gasteiger charge is -2.16. The van der Waals surface area contributed by atoms with Gasteiger partial charge in [0.1, 0.15) is 0 Å². The van der Waals surface area contributed by atoms with Crippen LogP contribution >= 0.6 is 0 Å². The Kier molecular flexibility index (Phi) is 1.07. The van der Waals surface area contributed by atoms with Crippen LogP contribution in [0.25, 0.3) is 0 Å². The van der Waals surface area contributed by atoms with E-state index in [4.69, 9.17) is 0 Å². The first-order chi connectivity index (χ1) is 4.77. The zero-order valence-electron chi connectivity index (χ0n) is 5.59. The smallest absolute Gasteiger partial charge is 0.229 e. The minimum Gasteiger partial charge on any atom is -0.296 e. The SMILES string of the molecule is O=C1NC(=O)[C@H]2CC[C@@H]1C2. The fraction of sp³-hybridized carbons (Fsp3) is 0.714. The molecule has 1 saturated heterocycles. The summed E-state index contributed by atoms with van der Waals surface area (Å²) in [6.45, 7) is 0. The molecule has 1 aliphatic carbocycles. The molecule has 3 nitrogen and oxygen atoms in total. The molecule has 1 N–H and O–H groups in total. The molecule has 54 valence electrons. The van der Waals surface area contributed by atoms with Crippen LogP contribution < -0.4 is 5.32 Å². The van der Waals surface area contributed by atoms with Gasteiger partial charge in [0.15, 0.2) is 0 Å². The molecule has 2 rings (SSSR count). The van der Waals surface area contributed by atoms with E-state index in [1.165, 1.54) is 0 Å². The number of carbonyl (C=O) groups excluding carboxylic acids is 2. The van der Waals surface area contributed by atoms with Gasteiger partial charge >= 0.3 is 0 Å². The van der Waals surface area contributed by atoms with Crippen molar-refractivity contribution in [3.8, 4) is 0 Å². The number of hydrogen-bond acceptors (Lipinski definition) is 2. The van der Waals surface area contributed by atoms with Gasteiger partial charge in [0.05, 0.1) is 0 Å². The first-order valence-corrected chi connectivity index (χ1v) is 3.62. The van der Waals surface area contributed by atoms with Crippen molar-refractivity contribution in [2.24, 2.45) is 11.8 Å². The van der Waals surface area contributed by atoms with Crippen molar-refractivity contribution in [1.82, 2.24) is 5.32 Å². The summed E-state index contributed by atoms with van der Waals surface area (Å²) in [7, 11) is 0. The predicted molar refractivity (Wildman–Crippen MR) is 34.0 cm³/mol. The van der Waals surface area contributed by atoms with E-state index in [0.29, 0.717) is 0 Å². The van der Waals surface area contributed by atoms with E-state index in [9.17, 15) is 9.59 Å². The third-order valence-electron chi connectivity index (χ3n) is 2.42. The number of imide groups is 1. The molecular formula is C7H9NO2. The van der Waals surface area contributed by atoms with Crippen LogP contribution in [0.15, 0.2) is 0 Å². The fourth-order valence-corrected chi connectivity index (χ4v) is 1.78. The highest BCUT2D eigenvalue weighted by atomic mass is 16.2. The molecule has 0 unspecified atom stereocenters. The number of nitrogens with one attached hydrogen (secondary N) is 1. The highest BCUT2D eigenvalue weighted by molar-refractivity contribution is 6.00. The molecule has 0 aromatic heterocycles. The monoisotopic (exact) mass is 139 g/mol. The average molecular weight is 139 g/mol. The lowest BCUT2D eigenvalue weighted by molar-refractivity contribution is -0.137. The van der Waals surface area contributed by atoms with Gasteiger partial charge in [-0.2, -0.15) is 0 Å². The second-order valence-electron chi connectivity index (χ2n) is 3.06. The Morgan fingerprint density at radius 3 is 2.10 bits per heavy atom. The molecule has 2 atom stereocenters. The summed E-state index contributed by atoms with van der Waals surface area (Å²) in [6.07, 6.45) is 2.61. The Morgan fingerprint density at radius 2 is 1.60 bits per heavy atom. The fourth-order valence-electron chi connectivity index (χ4n) is 1.78. The van der Waals surface area contributed by atoms with E-state index in [1.54, 1.807) is 0 Å². The molecule has 2 amide bonds. The van der Waals surface area contributed by atoms with Crippen LogP contribution in [0.3, 0.4) is 0 Å². The summed E-state index contributed by atoms with van der Waals surface area (Å²) in [5.74, 6) is 0.169. The van der Waals surface area contributed by atoms with Crippen LogP contribution in [-0.2, 0) is 9.59 Å². The van der Waals surface area contributed by atoms with E-state index >= 15 is 0 Å². The standard InChI is InChI=1S/C7H9NO2/c9-6-4-1-2-5(3-4)7(10)8-6/h4-5H,1-3H2,(H,8,9,10)/t4-,5+. The zero-order valence-corrected chi connectivity index (χ0v) is 5.59. The van der Waals surface area contributed by atoms with E-state index < -0.39 is 0 Å². The minimum atomic E-state index is -0.0567. The van der Waals surface area contributed by atoms with E-state index in [0.717, 1.165) is 19.3 Å².